The molecule has 0 spiro atoms. The molecule has 0 heterocycles. The maximum absolute atomic E-state index is 12.2. The molecule has 0 fully saturated rings. The van der Waals surface area contributed by atoms with E-state index < -0.39 is 45.2 Å². The lowest BCUT2D eigenvalue weighted by Crippen LogP contribution is -2.71. The first-order valence-electron chi connectivity index (χ1n) is 4.80. The first kappa shape index (κ1) is 21.9. The highest BCUT2D eigenvalue weighted by atomic mass is 80.0. The van der Waals surface area contributed by atoms with Gasteiger partial charge in [0.15, 0.2) is 5.60 Å². The first-order valence-corrected chi connectivity index (χ1v) is 7.18. The van der Waals surface area contributed by atoms with E-state index in [1.54, 1.807) is 0 Å². The molecule has 0 saturated carbocycles. The second kappa shape index (κ2) is 7.21. The van der Waals surface area contributed by atoms with Crippen LogP contribution in [0.25, 0.3) is 0 Å². The zero-order valence-electron chi connectivity index (χ0n) is 9.86. The van der Waals surface area contributed by atoms with E-state index in [-0.39, 0.29) is 0 Å². The highest BCUT2D eigenvalue weighted by molar-refractivity contribution is 9.40. The van der Waals surface area contributed by atoms with Crippen LogP contribution in [-0.2, 0) is 19.1 Å². The fourth-order valence-electron chi connectivity index (χ4n) is 0.844. The van der Waals surface area contributed by atoms with Crippen LogP contribution in [0.2, 0.25) is 0 Å². The molecule has 0 atom stereocenters. The van der Waals surface area contributed by atoms with Gasteiger partial charge in [-0.15, -0.1) is 0 Å². The summed E-state index contributed by atoms with van der Waals surface area (Å²) in [5, 5.41) is 10.9. The molecule has 5 nitrogen and oxygen atoms in total. The van der Waals surface area contributed by atoms with Gasteiger partial charge in [0, 0.05) is 0 Å². The lowest BCUT2D eigenvalue weighted by molar-refractivity contribution is -0.574. The van der Waals surface area contributed by atoms with Crippen molar-refractivity contribution in [2.45, 2.75) is 20.1 Å². The summed E-state index contributed by atoms with van der Waals surface area (Å²) < 4.78 is 79.6. The molecule has 22 heavy (non-hydrogen) atoms. The second-order valence-corrected chi connectivity index (χ2v) is 10.2. The van der Waals surface area contributed by atoms with Crippen molar-refractivity contribution in [2.24, 2.45) is 0 Å². The second-order valence-electron chi connectivity index (χ2n) is 3.45. The molecule has 0 rings (SSSR count). The average molecular weight is 534 g/mol. The standard InChI is InChI=1S/C8H4Br3F6O5/c9-6(10,11)4(19)22-2-1-21-3(18)5(20,7(12,13)14)8(15,16)17/h1-2H2/q-1. The lowest BCUT2D eigenvalue weighted by atomic mass is 10.0. The summed E-state index contributed by atoms with van der Waals surface area (Å²) in [7, 11) is 0. The van der Waals surface area contributed by atoms with Gasteiger partial charge >= 0.3 is 24.3 Å². The molecular formula is C8H4Br3F6O5-. The normalized spacial score (nSPS) is 13.7. The molecule has 130 valence electrons. The molecule has 0 aliphatic heterocycles. The Bertz CT molecular complexity index is 415. The van der Waals surface area contributed by atoms with Crippen LogP contribution in [0.5, 0.6) is 0 Å². The summed E-state index contributed by atoms with van der Waals surface area (Å²) >= 11 is 8.14. The van der Waals surface area contributed by atoms with E-state index in [1.807, 2.05) is 0 Å². The van der Waals surface area contributed by atoms with Crippen LogP contribution in [-0.4, -0.2) is 45.2 Å². The highest BCUT2D eigenvalue weighted by Crippen LogP contribution is 2.41. The van der Waals surface area contributed by atoms with E-state index in [0.717, 1.165) is 0 Å². The molecule has 0 aromatic carbocycles. The van der Waals surface area contributed by atoms with Crippen molar-refractivity contribution in [1.82, 2.24) is 0 Å². The minimum atomic E-state index is -6.45. The molecule has 0 bridgehead atoms. The minimum Gasteiger partial charge on any atom is -0.828 e. The van der Waals surface area contributed by atoms with Gasteiger partial charge in [0.25, 0.3) is 0 Å². The van der Waals surface area contributed by atoms with Crippen molar-refractivity contribution >= 4 is 59.7 Å². The number of carbonyl (C=O) groups excluding carboxylic acids is 2. The van der Waals surface area contributed by atoms with E-state index in [2.05, 4.69) is 57.3 Å². The number of esters is 2. The number of rotatable bonds is 4. The van der Waals surface area contributed by atoms with Crippen molar-refractivity contribution in [3.05, 3.63) is 0 Å². The van der Waals surface area contributed by atoms with Crippen LogP contribution in [0.4, 0.5) is 26.3 Å². The summed E-state index contributed by atoms with van der Waals surface area (Å²) in [6.07, 6.45) is -12.9. The Morgan fingerprint density at radius 3 is 1.41 bits per heavy atom. The third-order valence-corrected chi connectivity index (χ3v) is 2.84. The Kier molecular flexibility index (Phi) is 7.19. The average Bonchev–Trinajstić information content (AvgIpc) is 2.28. The molecule has 0 aromatic rings. The van der Waals surface area contributed by atoms with E-state index >= 15 is 0 Å². The van der Waals surface area contributed by atoms with Crippen LogP contribution in [0.1, 0.15) is 0 Å². The Labute approximate surface area is 143 Å². The maximum atomic E-state index is 12.2. The molecule has 0 amide bonds. The van der Waals surface area contributed by atoms with Crippen molar-refractivity contribution < 1.29 is 50.5 Å². The monoisotopic (exact) mass is 531 g/mol. The molecule has 0 aliphatic carbocycles. The van der Waals surface area contributed by atoms with Gasteiger partial charge in [-0.05, 0) is 47.8 Å². The summed E-state index contributed by atoms with van der Waals surface area (Å²) in [5.74, 6) is -4.16. The van der Waals surface area contributed by atoms with Crippen LogP contribution in [0.3, 0.4) is 0 Å². The smallest absolute Gasteiger partial charge is 0.399 e. The van der Waals surface area contributed by atoms with Crippen molar-refractivity contribution in [3.8, 4) is 0 Å². The Balaban J connectivity index is 4.74. The molecule has 0 aromatic heterocycles. The molecule has 0 saturated heterocycles. The molecule has 0 radical (unpaired) electrons. The van der Waals surface area contributed by atoms with E-state index in [1.165, 1.54) is 0 Å². The Morgan fingerprint density at radius 1 is 0.818 bits per heavy atom. The summed E-state index contributed by atoms with van der Waals surface area (Å²) in [6, 6.07) is 0. The third kappa shape index (κ3) is 5.23. The van der Waals surface area contributed by atoms with Crippen LogP contribution < -0.4 is 5.11 Å². The van der Waals surface area contributed by atoms with Crippen LogP contribution in [0, 0.1) is 0 Å². The number of halogens is 9. The first-order chi connectivity index (χ1) is 9.55. The molecule has 0 aliphatic rings. The van der Waals surface area contributed by atoms with Gasteiger partial charge in [0.2, 0.25) is 2.14 Å². The SMILES string of the molecule is O=C(OCCOC(=O)C([O-])(C(F)(F)F)C(F)(F)F)C(Br)(Br)Br. The zero-order valence-corrected chi connectivity index (χ0v) is 14.6. The molecular weight excluding hydrogens is 530 g/mol. The van der Waals surface area contributed by atoms with Crippen molar-refractivity contribution in [1.29, 1.82) is 0 Å². The minimum absolute atomic E-state index is 0.874. The number of ether oxygens (including phenoxy) is 2. The summed E-state index contributed by atoms with van der Waals surface area (Å²) in [5.41, 5.74) is -5.92. The molecule has 0 unspecified atom stereocenters. The Morgan fingerprint density at radius 2 is 1.14 bits per heavy atom. The van der Waals surface area contributed by atoms with E-state index in [4.69, 9.17) is 0 Å². The van der Waals surface area contributed by atoms with Gasteiger partial charge < -0.3 is 14.6 Å². The van der Waals surface area contributed by atoms with E-state index in [9.17, 15) is 41.0 Å². The van der Waals surface area contributed by atoms with Crippen molar-refractivity contribution in [2.75, 3.05) is 13.2 Å². The fourth-order valence-corrected chi connectivity index (χ4v) is 1.19. The number of hydrogen-bond donors (Lipinski definition) is 0. The van der Waals surface area contributed by atoms with Gasteiger partial charge in [-0.25, -0.2) is 4.79 Å². The van der Waals surface area contributed by atoms with Crippen molar-refractivity contribution in [3.63, 3.8) is 0 Å². The quantitative estimate of drug-likeness (QED) is 0.240. The molecule has 14 heteroatoms. The van der Waals surface area contributed by atoms with Gasteiger partial charge in [0.05, 0.1) is 0 Å². The largest absolute Gasteiger partial charge is 0.828 e. The fraction of sp³-hybridized carbons (Fsp3) is 0.750. The molecule has 0 N–H and O–H groups in total. The summed E-state index contributed by atoms with van der Waals surface area (Å²) in [4.78, 5) is 22.0. The predicted molar refractivity (Wildman–Crippen MR) is 66.3 cm³/mol. The number of carbonyl (C=O) groups is 2. The van der Waals surface area contributed by atoms with Gasteiger partial charge in [0.1, 0.15) is 13.2 Å². The highest BCUT2D eigenvalue weighted by Gasteiger charge is 2.68. The third-order valence-electron chi connectivity index (χ3n) is 1.87. The van der Waals surface area contributed by atoms with Gasteiger partial charge in [-0.3, -0.25) is 4.79 Å². The number of hydrogen-bond acceptors (Lipinski definition) is 5. The lowest BCUT2D eigenvalue weighted by Gasteiger charge is -2.40. The zero-order chi connectivity index (χ0) is 18.0. The maximum Gasteiger partial charge on any atom is 0.399 e. The van der Waals surface area contributed by atoms with Crippen LogP contribution >= 0.6 is 47.8 Å². The Hall–Kier alpha value is -0.0800. The van der Waals surface area contributed by atoms with E-state index in [0.29, 0.717) is 0 Å². The van der Waals surface area contributed by atoms with Crippen LogP contribution in [0.15, 0.2) is 0 Å². The van der Waals surface area contributed by atoms with Gasteiger partial charge in [-0.1, -0.05) is 0 Å². The summed E-state index contributed by atoms with van der Waals surface area (Å²) in [6.45, 7) is -2.05. The predicted octanol–water partition coefficient (Wildman–Crippen LogP) is 2.13. The topological polar surface area (TPSA) is 75.7 Å². The van der Waals surface area contributed by atoms with Gasteiger partial charge in [-0.2, -0.15) is 26.3 Å². The number of alkyl halides is 9.